The third-order valence-corrected chi connectivity index (χ3v) is 3.37. The van der Waals surface area contributed by atoms with Gasteiger partial charge in [-0.15, -0.1) is 0 Å². The summed E-state index contributed by atoms with van der Waals surface area (Å²) in [5.74, 6) is 0.0171. The summed E-state index contributed by atoms with van der Waals surface area (Å²) in [5.41, 5.74) is 1.28. The summed E-state index contributed by atoms with van der Waals surface area (Å²) in [5, 5.41) is 10.9. The van der Waals surface area contributed by atoms with E-state index in [-0.39, 0.29) is 5.91 Å². The number of fused-ring (bicyclic) bond motifs is 1. The first kappa shape index (κ1) is 14.6. The minimum Gasteiger partial charge on any atom is -0.389 e. The van der Waals surface area contributed by atoms with Gasteiger partial charge in [0.05, 0.1) is 12.0 Å². The van der Waals surface area contributed by atoms with Crippen molar-refractivity contribution >= 4 is 16.8 Å². The molecule has 0 fully saturated rings. The molecular formula is C16H22N2O2. The number of hydrogen-bond donors (Lipinski definition) is 1. The van der Waals surface area contributed by atoms with Crippen LogP contribution in [0.25, 0.3) is 10.9 Å². The van der Waals surface area contributed by atoms with Crippen molar-refractivity contribution in [2.75, 3.05) is 13.6 Å². The fourth-order valence-corrected chi connectivity index (χ4v) is 2.53. The summed E-state index contributed by atoms with van der Waals surface area (Å²) in [6.45, 7) is 3.74. The minimum absolute atomic E-state index is 0.0171. The summed E-state index contributed by atoms with van der Waals surface area (Å²) in [4.78, 5) is 13.8. The molecule has 20 heavy (non-hydrogen) atoms. The lowest BCUT2D eigenvalue weighted by Gasteiger charge is -2.25. The van der Waals surface area contributed by atoms with Crippen LogP contribution in [0.3, 0.4) is 0 Å². The lowest BCUT2D eigenvalue weighted by Crippen LogP contribution is -2.40. The van der Waals surface area contributed by atoms with Gasteiger partial charge in [0, 0.05) is 37.7 Å². The van der Waals surface area contributed by atoms with Gasteiger partial charge in [0.15, 0.2) is 0 Å². The van der Waals surface area contributed by atoms with Crippen LogP contribution in [0.4, 0.5) is 0 Å². The summed E-state index contributed by atoms with van der Waals surface area (Å²) in [6, 6.07) is 8.06. The molecule has 1 amide bonds. The number of carbonyl (C=O) groups excluding carboxylic acids is 1. The number of amides is 1. The molecule has 0 saturated carbocycles. The van der Waals surface area contributed by atoms with Gasteiger partial charge >= 0.3 is 0 Å². The SMILES string of the molecule is CN(CC(C)(C)O)C(=O)Cc1cn(C)c2ccccc12. The van der Waals surface area contributed by atoms with E-state index in [0.29, 0.717) is 13.0 Å². The molecular weight excluding hydrogens is 252 g/mol. The minimum atomic E-state index is -0.872. The van der Waals surface area contributed by atoms with E-state index in [1.54, 1.807) is 25.8 Å². The quantitative estimate of drug-likeness (QED) is 0.926. The number of nitrogens with zero attached hydrogens (tertiary/aromatic N) is 2. The summed E-state index contributed by atoms with van der Waals surface area (Å²) >= 11 is 0. The predicted octanol–water partition coefficient (Wildman–Crippen LogP) is 1.95. The van der Waals surface area contributed by atoms with Gasteiger partial charge in [-0.1, -0.05) is 18.2 Å². The Labute approximate surface area is 119 Å². The zero-order valence-corrected chi connectivity index (χ0v) is 12.6. The van der Waals surface area contributed by atoms with Crippen molar-refractivity contribution in [1.29, 1.82) is 0 Å². The maximum absolute atomic E-state index is 12.2. The first-order valence-corrected chi connectivity index (χ1v) is 6.77. The van der Waals surface area contributed by atoms with Crippen LogP contribution >= 0.6 is 0 Å². The molecule has 1 aromatic heterocycles. The number of rotatable bonds is 4. The molecule has 4 nitrogen and oxygen atoms in total. The standard InChI is InChI=1S/C16H22N2O2/c1-16(2,20)11-18(4)15(19)9-12-10-17(3)14-8-6-5-7-13(12)14/h5-8,10,20H,9,11H2,1-4H3. The van der Waals surface area contributed by atoms with E-state index in [1.807, 2.05) is 42.1 Å². The van der Waals surface area contributed by atoms with Crippen LogP contribution in [0.1, 0.15) is 19.4 Å². The second kappa shape index (κ2) is 5.29. The number of likely N-dealkylation sites (N-methyl/N-ethyl adjacent to an activating group) is 1. The Morgan fingerprint density at radius 1 is 1.35 bits per heavy atom. The van der Waals surface area contributed by atoms with E-state index in [9.17, 15) is 9.90 Å². The Morgan fingerprint density at radius 3 is 2.65 bits per heavy atom. The Hall–Kier alpha value is -1.81. The number of aromatic nitrogens is 1. The highest BCUT2D eigenvalue weighted by molar-refractivity contribution is 5.89. The topological polar surface area (TPSA) is 45.5 Å². The van der Waals surface area contributed by atoms with Gasteiger partial charge < -0.3 is 14.6 Å². The summed E-state index contributed by atoms with van der Waals surface area (Å²) < 4.78 is 2.04. The number of carbonyl (C=O) groups is 1. The molecule has 0 saturated heterocycles. The number of aryl methyl sites for hydroxylation is 1. The van der Waals surface area contributed by atoms with E-state index in [1.165, 1.54) is 0 Å². The Bertz CT molecular complexity index is 623. The fourth-order valence-electron chi connectivity index (χ4n) is 2.53. The normalized spacial score (nSPS) is 11.8. The highest BCUT2D eigenvalue weighted by atomic mass is 16.3. The van der Waals surface area contributed by atoms with Crippen LogP contribution in [0.15, 0.2) is 30.5 Å². The number of para-hydroxylation sites is 1. The Balaban J connectivity index is 2.18. The highest BCUT2D eigenvalue weighted by Crippen LogP contribution is 2.21. The van der Waals surface area contributed by atoms with Gasteiger partial charge in [-0.3, -0.25) is 4.79 Å². The van der Waals surface area contributed by atoms with Crippen LogP contribution in [0.5, 0.6) is 0 Å². The highest BCUT2D eigenvalue weighted by Gasteiger charge is 2.20. The van der Waals surface area contributed by atoms with Crippen molar-refractivity contribution < 1.29 is 9.90 Å². The van der Waals surface area contributed by atoms with E-state index >= 15 is 0 Å². The molecule has 1 heterocycles. The largest absolute Gasteiger partial charge is 0.389 e. The van der Waals surface area contributed by atoms with Crippen LogP contribution in [-0.4, -0.2) is 39.7 Å². The molecule has 0 aliphatic heterocycles. The van der Waals surface area contributed by atoms with Crippen LogP contribution in [0, 0.1) is 0 Å². The zero-order valence-electron chi connectivity index (χ0n) is 12.6. The number of hydrogen-bond acceptors (Lipinski definition) is 2. The molecule has 0 unspecified atom stereocenters. The van der Waals surface area contributed by atoms with Gasteiger partial charge in [0.2, 0.25) is 5.91 Å². The lowest BCUT2D eigenvalue weighted by molar-refractivity contribution is -0.131. The smallest absolute Gasteiger partial charge is 0.226 e. The van der Waals surface area contributed by atoms with E-state index in [4.69, 9.17) is 0 Å². The molecule has 0 aliphatic rings. The van der Waals surface area contributed by atoms with Crippen molar-refractivity contribution in [3.63, 3.8) is 0 Å². The third-order valence-electron chi connectivity index (χ3n) is 3.37. The van der Waals surface area contributed by atoms with Gasteiger partial charge in [-0.25, -0.2) is 0 Å². The van der Waals surface area contributed by atoms with Crippen molar-refractivity contribution in [2.24, 2.45) is 7.05 Å². The van der Waals surface area contributed by atoms with Crippen LogP contribution in [-0.2, 0) is 18.3 Å². The molecule has 2 aromatic rings. The van der Waals surface area contributed by atoms with Crippen molar-refractivity contribution in [3.05, 3.63) is 36.0 Å². The average Bonchev–Trinajstić information content (AvgIpc) is 2.65. The molecule has 2 rings (SSSR count). The van der Waals surface area contributed by atoms with Gasteiger partial charge in [-0.2, -0.15) is 0 Å². The van der Waals surface area contributed by atoms with Crippen LogP contribution in [0.2, 0.25) is 0 Å². The summed E-state index contributed by atoms with van der Waals surface area (Å²) in [6.07, 6.45) is 2.36. The van der Waals surface area contributed by atoms with Crippen molar-refractivity contribution in [1.82, 2.24) is 9.47 Å². The van der Waals surface area contributed by atoms with Crippen molar-refractivity contribution in [2.45, 2.75) is 25.9 Å². The zero-order chi connectivity index (χ0) is 14.9. The number of aliphatic hydroxyl groups is 1. The molecule has 1 N–H and O–H groups in total. The van der Waals surface area contributed by atoms with Crippen molar-refractivity contribution in [3.8, 4) is 0 Å². The molecule has 1 aromatic carbocycles. The molecule has 108 valence electrons. The number of benzene rings is 1. The molecule has 0 aliphatic carbocycles. The molecule has 0 radical (unpaired) electrons. The monoisotopic (exact) mass is 274 g/mol. The van der Waals surface area contributed by atoms with Gasteiger partial charge in [0.25, 0.3) is 0 Å². The average molecular weight is 274 g/mol. The van der Waals surface area contributed by atoms with Crippen LogP contribution < -0.4 is 0 Å². The second-order valence-corrected chi connectivity index (χ2v) is 6.02. The maximum Gasteiger partial charge on any atom is 0.226 e. The third kappa shape index (κ3) is 3.20. The lowest BCUT2D eigenvalue weighted by atomic mass is 10.1. The Kier molecular flexibility index (Phi) is 3.86. The second-order valence-electron chi connectivity index (χ2n) is 6.02. The predicted molar refractivity (Wildman–Crippen MR) is 80.6 cm³/mol. The fraction of sp³-hybridized carbons (Fsp3) is 0.438. The van der Waals surface area contributed by atoms with E-state index in [0.717, 1.165) is 16.5 Å². The van der Waals surface area contributed by atoms with E-state index < -0.39 is 5.60 Å². The molecule has 0 atom stereocenters. The Morgan fingerprint density at radius 2 is 2.00 bits per heavy atom. The first-order valence-electron chi connectivity index (χ1n) is 6.77. The molecule has 4 heteroatoms. The molecule has 0 bridgehead atoms. The van der Waals surface area contributed by atoms with E-state index in [2.05, 4.69) is 0 Å². The first-order chi connectivity index (χ1) is 9.28. The van der Waals surface area contributed by atoms with Gasteiger partial charge in [-0.05, 0) is 25.5 Å². The van der Waals surface area contributed by atoms with Gasteiger partial charge in [0.1, 0.15) is 0 Å². The molecule has 0 spiro atoms. The maximum atomic E-state index is 12.2. The summed E-state index contributed by atoms with van der Waals surface area (Å²) in [7, 11) is 3.71.